The van der Waals surface area contributed by atoms with Gasteiger partial charge in [0.2, 0.25) is 0 Å². The Balaban J connectivity index is 1.33. The highest BCUT2D eigenvalue weighted by molar-refractivity contribution is 8.00. The van der Waals surface area contributed by atoms with Gasteiger partial charge in [-0.1, -0.05) is 99.6 Å². The smallest absolute Gasteiger partial charge is 0.351 e. The molecule has 0 aliphatic carbocycles. The number of rotatable bonds is 8. The molecule has 1 fully saturated rings. The van der Waals surface area contributed by atoms with Crippen LogP contribution in [0.3, 0.4) is 0 Å². The molecule has 1 amide bonds. The highest BCUT2D eigenvalue weighted by Gasteiger charge is 2.50. The van der Waals surface area contributed by atoms with E-state index in [1.807, 2.05) is 25.1 Å². The summed E-state index contributed by atoms with van der Waals surface area (Å²) in [5.41, 5.74) is 0.455. The van der Waals surface area contributed by atoms with Crippen LogP contribution in [0.1, 0.15) is 42.9 Å². The van der Waals surface area contributed by atoms with Gasteiger partial charge in [-0.3, -0.25) is 9.36 Å². The van der Waals surface area contributed by atoms with Gasteiger partial charge in [-0.15, -0.1) is 11.8 Å². The highest BCUT2D eigenvalue weighted by Crippen LogP contribution is 2.38. The zero-order chi connectivity index (χ0) is 29.0. The van der Waals surface area contributed by atoms with Crippen molar-refractivity contribution in [2.75, 3.05) is 17.7 Å². The molecule has 212 valence electrons. The fourth-order valence-corrected chi connectivity index (χ4v) is 11.0. The lowest BCUT2D eigenvalue weighted by atomic mass is 10.2. The van der Waals surface area contributed by atoms with Crippen molar-refractivity contribution in [2.24, 2.45) is 0 Å². The quantitative estimate of drug-likeness (QED) is 0.294. The van der Waals surface area contributed by atoms with Crippen LogP contribution in [0, 0.1) is 6.92 Å². The molecular formula is C32H35N3O4SSi. The van der Waals surface area contributed by atoms with E-state index in [2.05, 4.69) is 79.6 Å². The maximum absolute atomic E-state index is 13.0. The van der Waals surface area contributed by atoms with E-state index in [1.54, 1.807) is 42.2 Å². The van der Waals surface area contributed by atoms with Crippen LogP contribution in [-0.4, -0.2) is 41.6 Å². The SMILES string of the molecule is Cc1cn([C@H]2CS[C@H](CO[Si](c3ccccc3)(c3ccccc3)C(C)(C)C)O2)c(=O)nc1NC(=O)c1ccccc1. The maximum atomic E-state index is 13.0. The van der Waals surface area contributed by atoms with Crippen molar-refractivity contribution in [2.45, 2.75) is 44.4 Å². The molecule has 0 bridgehead atoms. The van der Waals surface area contributed by atoms with Gasteiger partial charge >= 0.3 is 5.69 Å². The molecule has 41 heavy (non-hydrogen) atoms. The molecule has 1 aromatic heterocycles. The summed E-state index contributed by atoms with van der Waals surface area (Å²) >= 11 is 1.63. The largest absolute Gasteiger partial charge is 0.404 e. The molecule has 0 radical (unpaired) electrons. The predicted octanol–water partition coefficient (Wildman–Crippen LogP) is 4.97. The minimum atomic E-state index is -2.70. The lowest BCUT2D eigenvalue weighted by Gasteiger charge is -2.43. The van der Waals surface area contributed by atoms with E-state index in [4.69, 9.17) is 9.16 Å². The van der Waals surface area contributed by atoms with Crippen molar-refractivity contribution in [3.8, 4) is 0 Å². The number of amides is 1. The third-order valence-electron chi connectivity index (χ3n) is 7.30. The van der Waals surface area contributed by atoms with E-state index >= 15 is 0 Å². The second-order valence-corrected chi connectivity index (χ2v) is 16.6. The first-order valence-electron chi connectivity index (χ1n) is 13.7. The summed E-state index contributed by atoms with van der Waals surface area (Å²) in [4.78, 5) is 29.8. The molecule has 1 saturated heterocycles. The van der Waals surface area contributed by atoms with Crippen LogP contribution in [-0.2, 0) is 9.16 Å². The third-order valence-corrected chi connectivity index (χ3v) is 13.4. The zero-order valence-corrected chi connectivity index (χ0v) is 25.6. The molecular weight excluding hydrogens is 551 g/mol. The molecule has 9 heteroatoms. The average molecular weight is 586 g/mol. The van der Waals surface area contributed by atoms with Gasteiger partial charge in [0.1, 0.15) is 17.5 Å². The molecule has 0 saturated carbocycles. The summed E-state index contributed by atoms with van der Waals surface area (Å²) in [6.45, 7) is 8.94. The first-order chi connectivity index (χ1) is 19.7. The van der Waals surface area contributed by atoms with Crippen LogP contribution in [0.4, 0.5) is 5.82 Å². The van der Waals surface area contributed by atoms with Gasteiger partial charge in [-0.05, 0) is 34.5 Å². The van der Waals surface area contributed by atoms with Crippen molar-refractivity contribution in [1.82, 2.24) is 9.55 Å². The number of ether oxygens (including phenoxy) is 1. The topological polar surface area (TPSA) is 82.4 Å². The molecule has 0 unspecified atom stereocenters. The molecule has 1 aliphatic rings. The number of anilines is 1. The second kappa shape index (κ2) is 12.2. The molecule has 1 aliphatic heterocycles. The number of nitrogens with one attached hydrogen (secondary N) is 1. The average Bonchev–Trinajstić information content (AvgIpc) is 3.45. The number of aromatic nitrogens is 2. The highest BCUT2D eigenvalue weighted by atomic mass is 32.2. The van der Waals surface area contributed by atoms with Crippen LogP contribution in [0.25, 0.3) is 0 Å². The number of carbonyl (C=O) groups excluding carboxylic acids is 1. The second-order valence-electron chi connectivity index (χ2n) is 11.1. The third kappa shape index (κ3) is 6.08. The fourth-order valence-electron chi connectivity index (χ4n) is 5.30. The number of carbonyl (C=O) groups is 1. The van der Waals surface area contributed by atoms with Crippen molar-refractivity contribution in [3.05, 3.63) is 119 Å². The van der Waals surface area contributed by atoms with Crippen molar-refractivity contribution in [1.29, 1.82) is 0 Å². The summed E-state index contributed by atoms with van der Waals surface area (Å²) in [6, 6.07) is 29.9. The maximum Gasteiger partial charge on any atom is 0.351 e. The number of hydrogen-bond acceptors (Lipinski definition) is 6. The Morgan fingerprint density at radius 2 is 1.56 bits per heavy atom. The first kappa shape index (κ1) is 29.0. The number of thioether (sulfide) groups is 1. The van der Waals surface area contributed by atoms with Crippen LogP contribution in [0.5, 0.6) is 0 Å². The minimum absolute atomic E-state index is 0.142. The number of benzene rings is 3. The Labute approximate surface area is 246 Å². The van der Waals surface area contributed by atoms with Crippen LogP contribution in [0.15, 0.2) is 102 Å². The van der Waals surface area contributed by atoms with E-state index in [0.29, 0.717) is 23.5 Å². The van der Waals surface area contributed by atoms with Gasteiger partial charge in [0, 0.05) is 23.1 Å². The molecule has 2 atom stereocenters. The summed E-state index contributed by atoms with van der Waals surface area (Å²) in [5, 5.41) is 5.03. The monoisotopic (exact) mass is 585 g/mol. The van der Waals surface area contributed by atoms with Gasteiger partial charge in [0.25, 0.3) is 14.2 Å². The Hall–Kier alpha value is -3.50. The Kier molecular flexibility index (Phi) is 8.60. The zero-order valence-electron chi connectivity index (χ0n) is 23.7. The van der Waals surface area contributed by atoms with Crippen molar-refractivity contribution < 1.29 is 14.0 Å². The van der Waals surface area contributed by atoms with E-state index < -0.39 is 20.2 Å². The molecule has 1 N–H and O–H groups in total. The molecule has 0 spiro atoms. The summed E-state index contributed by atoms with van der Waals surface area (Å²) in [6.07, 6.45) is 1.22. The van der Waals surface area contributed by atoms with E-state index in [0.717, 1.165) is 0 Å². The first-order valence-corrected chi connectivity index (χ1v) is 16.6. The fraction of sp³-hybridized carbons (Fsp3) is 0.281. The van der Waals surface area contributed by atoms with Crippen molar-refractivity contribution >= 4 is 42.2 Å². The van der Waals surface area contributed by atoms with E-state index in [1.165, 1.54) is 14.9 Å². The normalized spacial score (nSPS) is 17.4. The van der Waals surface area contributed by atoms with Gasteiger partial charge in [-0.2, -0.15) is 4.98 Å². The number of aryl methyl sites for hydroxylation is 1. The van der Waals surface area contributed by atoms with Gasteiger partial charge in [0.15, 0.2) is 0 Å². The number of nitrogens with zero attached hydrogens (tertiary/aromatic N) is 2. The lowest BCUT2D eigenvalue weighted by molar-refractivity contribution is -0.00358. The van der Waals surface area contributed by atoms with Gasteiger partial charge < -0.3 is 14.5 Å². The van der Waals surface area contributed by atoms with E-state index in [9.17, 15) is 9.59 Å². The van der Waals surface area contributed by atoms with Crippen LogP contribution in [0.2, 0.25) is 5.04 Å². The van der Waals surface area contributed by atoms with Gasteiger partial charge in [-0.25, -0.2) is 4.79 Å². The predicted molar refractivity (Wildman–Crippen MR) is 168 cm³/mol. The summed E-state index contributed by atoms with van der Waals surface area (Å²) < 4.78 is 14.9. The Bertz CT molecular complexity index is 1500. The lowest BCUT2D eigenvalue weighted by Crippen LogP contribution is -2.67. The minimum Gasteiger partial charge on any atom is -0.404 e. The molecule has 3 aromatic carbocycles. The molecule has 2 heterocycles. The molecule has 7 nitrogen and oxygen atoms in total. The standard InChI is InChI=1S/C32H35N3O4SSi/c1-23-20-35(31(37)34-29(23)33-30(36)24-14-8-5-9-15-24)27-22-40-28(39-27)21-38-41(32(2,3)4,25-16-10-6-11-17-25)26-18-12-7-13-19-26/h5-20,27-28H,21-22H2,1-4H3,(H,33,34,36,37)/t27-,28-/m1/s1. The van der Waals surface area contributed by atoms with Crippen LogP contribution >= 0.6 is 11.8 Å². The molecule has 5 rings (SSSR count). The Morgan fingerprint density at radius 1 is 1.00 bits per heavy atom. The van der Waals surface area contributed by atoms with Gasteiger partial charge in [0.05, 0.1) is 6.61 Å². The summed E-state index contributed by atoms with van der Waals surface area (Å²) in [7, 11) is -2.70. The number of hydrogen-bond donors (Lipinski definition) is 1. The van der Waals surface area contributed by atoms with E-state index in [-0.39, 0.29) is 22.2 Å². The Morgan fingerprint density at radius 3 is 2.12 bits per heavy atom. The molecule has 4 aromatic rings. The van der Waals surface area contributed by atoms with Crippen molar-refractivity contribution in [3.63, 3.8) is 0 Å². The summed E-state index contributed by atoms with van der Waals surface area (Å²) in [5.74, 6) is 0.523. The van der Waals surface area contributed by atoms with Crippen LogP contribution < -0.4 is 21.4 Å².